The van der Waals surface area contributed by atoms with Crippen molar-refractivity contribution < 1.29 is 9.59 Å². The Bertz CT molecular complexity index is 612. The molecule has 1 aliphatic heterocycles. The summed E-state index contributed by atoms with van der Waals surface area (Å²) in [7, 11) is 0. The van der Waals surface area contributed by atoms with Gasteiger partial charge in [0.25, 0.3) is 0 Å². The molecule has 6 nitrogen and oxygen atoms in total. The van der Waals surface area contributed by atoms with Gasteiger partial charge in [-0.15, -0.1) is 0 Å². The average Bonchev–Trinajstić information content (AvgIpc) is 3.39. The van der Waals surface area contributed by atoms with Gasteiger partial charge >= 0.3 is 6.03 Å². The molecule has 1 unspecified atom stereocenters. The Hall–Kier alpha value is -2.08. The molecule has 6 heteroatoms. The molecule has 1 aromatic carbocycles. The van der Waals surface area contributed by atoms with Crippen LogP contribution in [0.2, 0.25) is 0 Å². The van der Waals surface area contributed by atoms with Crippen LogP contribution in [0.5, 0.6) is 0 Å². The van der Waals surface area contributed by atoms with Crippen LogP contribution in [-0.2, 0) is 4.79 Å². The second-order valence-electron chi connectivity index (χ2n) is 7.30. The van der Waals surface area contributed by atoms with E-state index in [1.807, 2.05) is 31.2 Å². The lowest BCUT2D eigenvalue weighted by atomic mass is 9.92. The molecule has 25 heavy (non-hydrogen) atoms. The summed E-state index contributed by atoms with van der Waals surface area (Å²) >= 11 is 0. The van der Waals surface area contributed by atoms with E-state index in [4.69, 9.17) is 0 Å². The third kappa shape index (κ3) is 5.19. The van der Waals surface area contributed by atoms with Crippen LogP contribution in [0, 0.1) is 5.92 Å². The molecular formula is C19H28N4O2. The van der Waals surface area contributed by atoms with Gasteiger partial charge in [-0.3, -0.25) is 4.79 Å². The lowest BCUT2D eigenvalue weighted by Gasteiger charge is -2.28. The fourth-order valence-electron chi connectivity index (χ4n) is 3.22. The molecule has 0 bridgehead atoms. The zero-order chi connectivity index (χ0) is 17.8. The fourth-order valence-corrected chi connectivity index (χ4v) is 3.22. The largest absolute Gasteiger partial charge is 0.349 e. The minimum absolute atomic E-state index is 0.0490. The van der Waals surface area contributed by atoms with Gasteiger partial charge in [-0.05, 0) is 63.8 Å². The van der Waals surface area contributed by atoms with Crippen molar-refractivity contribution in [3.8, 4) is 0 Å². The average molecular weight is 344 g/mol. The van der Waals surface area contributed by atoms with Gasteiger partial charge < -0.3 is 21.3 Å². The van der Waals surface area contributed by atoms with Gasteiger partial charge in [0.15, 0.2) is 0 Å². The summed E-state index contributed by atoms with van der Waals surface area (Å²) in [6.45, 7) is 5.01. The Balaban J connectivity index is 1.50. The smallest absolute Gasteiger partial charge is 0.319 e. The molecule has 3 rings (SSSR count). The molecule has 4 N–H and O–H groups in total. The molecular weight excluding hydrogens is 316 g/mol. The van der Waals surface area contributed by atoms with Gasteiger partial charge in [0.1, 0.15) is 0 Å². The van der Waals surface area contributed by atoms with E-state index in [9.17, 15) is 9.59 Å². The molecule has 1 aliphatic carbocycles. The van der Waals surface area contributed by atoms with E-state index in [0.29, 0.717) is 12.1 Å². The first kappa shape index (κ1) is 17.7. The lowest BCUT2D eigenvalue weighted by Crippen LogP contribution is -2.42. The number of hydrogen-bond donors (Lipinski definition) is 4. The van der Waals surface area contributed by atoms with Crippen LogP contribution >= 0.6 is 0 Å². The number of carbonyl (C=O) groups is 2. The number of hydrogen-bond acceptors (Lipinski definition) is 3. The van der Waals surface area contributed by atoms with Crippen LogP contribution in [-0.4, -0.2) is 30.6 Å². The molecule has 1 heterocycles. The molecule has 0 spiro atoms. The number of nitrogens with one attached hydrogen (secondary N) is 4. The molecule has 1 saturated carbocycles. The van der Waals surface area contributed by atoms with Gasteiger partial charge in [0, 0.05) is 23.7 Å². The van der Waals surface area contributed by atoms with Crippen molar-refractivity contribution in [1.82, 2.24) is 16.0 Å². The SMILES string of the molecule is CC(NC(=O)[C@H]1CCN[C@@H](C)C1)c1ccc(NC(=O)NC2CC2)cc1. The fraction of sp³-hybridized carbons (Fsp3) is 0.579. The maximum Gasteiger partial charge on any atom is 0.319 e. The molecule has 3 atom stereocenters. The zero-order valence-corrected chi connectivity index (χ0v) is 15.0. The van der Waals surface area contributed by atoms with Crippen LogP contribution in [0.25, 0.3) is 0 Å². The number of anilines is 1. The van der Waals surface area contributed by atoms with Crippen LogP contribution in [0.4, 0.5) is 10.5 Å². The number of piperidine rings is 1. The third-order valence-corrected chi connectivity index (χ3v) is 4.93. The lowest BCUT2D eigenvalue weighted by molar-refractivity contribution is -0.126. The number of rotatable bonds is 5. The van der Waals surface area contributed by atoms with Crippen LogP contribution in [0.1, 0.15) is 51.1 Å². The number of amides is 3. The Labute approximate surface area is 149 Å². The molecule has 2 aliphatic rings. The first-order chi connectivity index (χ1) is 12.0. The highest BCUT2D eigenvalue weighted by molar-refractivity contribution is 5.89. The normalized spacial score (nSPS) is 24.2. The molecule has 3 amide bonds. The van der Waals surface area contributed by atoms with Gasteiger partial charge in [-0.2, -0.15) is 0 Å². The highest BCUT2D eigenvalue weighted by Gasteiger charge is 2.26. The van der Waals surface area contributed by atoms with Crippen LogP contribution < -0.4 is 21.3 Å². The second-order valence-corrected chi connectivity index (χ2v) is 7.30. The standard InChI is InChI=1S/C19H28N4O2/c1-12-11-15(9-10-20-12)18(24)21-13(2)14-3-5-16(6-4-14)22-19(25)23-17-7-8-17/h3-6,12-13,15,17,20H,7-11H2,1-2H3,(H,21,24)(H2,22,23,25)/t12-,13?,15-/m0/s1. The number of benzene rings is 1. The Morgan fingerprint density at radius 3 is 2.52 bits per heavy atom. The zero-order valence-electron chi connectivity index (χ0n) is 15.0. The summed E-state index contributed by atoms with van der Waals surface area (Å²) < 4.78 is 0. The maximum absolute atomic E-state index is 12.4. The Morgan fingerprint density at radius 1 is 1.16 bits per heavy atom. The summed E-state index contributed by atoms with van der Waals surface area (Å²) in [5.41, 5.74) is 1.79. The van der Waals surface area contributed by atoms with E-state index < -0.39 is 0 Å². The molecule has 0 aromatic heterocycles. The summed E-state index contributed by atoms with van der Waals surface area (Å²) in [5.74, 6) is 0.220. The number of carbonyl (C=O) groups excluding carboxylic acids is 2. The monoisotopic (exact) mass is 344 g/mol. The minimum atomic E-state index is -0.156. The van der Waals surface area contributed by atoms with E-state index in [-0.39, 0.29) is 23.9 Å². The highest BCUT2D eigenvalue weighted by Crippen LogP contribution is 2.21. The molecule has 1 saturated heterocycles. The second kappa shape index (κ2) is 7.87. The van der Waals surface area contributed by atoms with Crippen molar-refractivity contribution in [2.24, 2.45) is 5.92 Å². The first-order valence-corrected chi connectivity index (χ1v) is 9.22. The van der Waals surface area contributed by atoms with Crippen LogP contribution in [0.15, 0.2) is 24.3 Å². The van der Waals surface area contributed by atoms with E-state index in [2.05, 4.69) is 28.2 Å². The van der Waals surface area contributed by atoms with Crippen LogP contribution in [0.3, 0.4) is 0 Å². The summed E-state index contributed by atoms with van der Waals surface area (Å²) in [6, 6.07) is 8.17. The van der Waals surface area contributed by atoms with E-state index in [1.165, 1.54) is 0 Å². The van der Waals surface area contributed by atoms with Gasteiger partial charge in [-0.25, -0.2) is 4.79 Å². The predicted octanol–water partition coefficient (Wildman–Crippen LogP) is 2.54. The van der Waals surface area contributed by atoms with Crippen molar-refractivity contribution in [1.29, 1.82) is 0 Å². The summed E-state index contributed by atoms with van der Waals surface area (Å²) in [6.07, 6.45) is 3.91. The van der Waals surface area contributed by atoms with E-state index in [0.717, 1.165) is 43.5 Å². The minimum Gasteiger partial charge on any atom is -0.349 e. The van der Waals surface area contributed by atoms with E-state index >= 15 is 0 Å². The van der Waals surface area contributed by atoms with Crippen molar-refractivity contribution in [3.05, 3.63) is 29.8 Å². The van der Waals surface area contributed by atoms with Crippen molar-refractivity contribution in [2.75, 3.05) is 11.9 Å². The van der Waals surface area contributed by atoms with Gasteiger partial charge in [0.2, 0.25) is 5.91 Å². The summed E-state index contributed by atoms with van der Waals surface area (Å²) in [5, 5.41) is 12.2. The third-order valence-electron chi connectivity index (χ3n) is 4.93. The highest BCUT2D eigenvalue weighted by atomic mass is 16.2. The quantitative estimate of drug-likeness (QED) is 0.662. The first-order valence-electron chi connectivity index (χ1n) is 9.22. The molecule has 136 valence electrons. The Morgan fingerprint density at radius 2 is 1.88 bits per heavy atom. The Kier molecular flexibility index (Phi) is 5.58. The molecule has 1 aromatic rings. The summed E-state index contributed by atoms with van der Waals surface area (Å²) in [4.78, 5) is 24.2. The number of urea groups is 1. The molecule has 0 radical (unpaired) electrons. The van der Waals surface area contributed by atoms with E-state index in [1.54, 1.807) is 0 Å². The molecule has 2 fully saturated rings. The maximum atomic E-state index is 12.4. The van der Waals surface area contributed by atoms with Crippen molar-refractivity contribution in [3.63, 3.8) is 0 Å². The van der Waals surface area contributed by atoms with Gasteiger partial charge in [-0.1, -0.05) is 12.1 Å². The van der Waals surface area contributed by atoms with Crippen molar-refractivity contribution >= 4 is 17.6 Å². The van der Waals surface area contributed by atoms with Gasteiger partial charge in [0.05, 0.1) is 6.04 Å². The topological polar surface area (TPSA) is 82.3 Å². The van der Waals surface area contributed by atoms with Crippen molar-refractivity contribution in [2.45, 2.75) is 57.7 Å². The predicted molar refractivity (Wildman–Crippen MR) is 98.4 cm³/mol.